The molecule has 24 heavy (non-hydrogen) atoms. The van der Waals surface area contributed by atoms with Crippen LogP contribution in [0.2, 0.25) is 0 Å². The van der Waals surface area contributed by atoms with Gasteiger partial charge < -0.3 is 15.0 Å². The standard InChI is InChI=1S/C17H21N5O2/c1-11-3-6-21(15(24)4-7-23)10-13(11)17-20-9-12-8-19-16-14(22(12)17)2-5-18-16/h2,5,8-9,11,13,18,23H,3-4,6-7,10H2,1H3/t11-,13+/m1/s1. The average Bonchev–Trinajstić information content (AvgIpc) is 3.21. The number of aliphatic hydroxyl groups is 1. The lowest BCUT2D eigenvalue weighted by molar-refractivity contribution is -0.133. The summed E-state index contributed by atoms with van der Waals surface area (Å²) >= 11 is 0. The lowest BCUT2D eigenvalue weighted by Gasteiger charge is -2.36. The zero-order valence-corrected chi connectivity index (χ0v) is 13.6. The van der Waals surface area contributed by atoms with Crippen LogP contribution >= 0.6 is 0 Å². The summed E-state index contributed by atoms with van der Waals surface area (Å²) in [5.74, 6) is 1.61. The maximum atomic E-state index is 12.2. The lowest BCUT2D eigenvalue weighted by Crippen LogP contribution is -2.42. The monoisotopic (exact) mass is 327 g/mol. The first-order valence-electron chi connectivity index (χ1n) is 8.37. The van der Waals surface area contributed by atoms with Crippen LogP contribution in [0.5, 0.6) is 0 Å². The number of nitrogens with one attached hydrogen (secondary N) is 1. The van der Waals surface area contributed by atoms with Crippen molar-refractivity contribution < 1.29 is 9.90 Å². The number of carbonyl (C=O) groups is 1. The molecule has 2 N–H and O–H groups in total. The summed E-state index contributed by atoms with van der Waals surface area (Å²) in [6.45, 7) is 3.51. The molecule has 2 atom stereocenters. The van der Waals surface area contributed by atoms with Crippen molar-refractivity contribution in [2.75, 3.05) is 19.7 Å². The summed E-state index contributed by atoms with van der Waals surface area (Å²) < 4.78 is 2.14. The van der Waals surface area contributed by atoms with E-state index in [0.29, 0.717) is 12.5 Å². The Labute approximate surface area is 139 Å². The number of carbonyl (C=O) groups excluding carboxylic acids is 1. The Morgan fingerprint density at radius 3 is 3.08 bits per heavy atom. The normalized spacial score (nSPS) is 21.7. The number of aromatic amines is 1. The molecule has 0 aromatic carbocycles. The SMILES string of the molecule is C[C@@H]1CCN(C(=O)CCO)C[C@@H]1c1ncc2cnc3[nH]ccc3n12. The van der Waals surface area contributed by atoms with E-state index in [0.717, 1.165) is 35.5 Å². The minimum Gasteiger partial charge on any atom is -0.396 e. The summed E-state index contributed by atoms with van der Waals surface area (Å²) in [5, 5.41) is 9.03. The van der Waals surface area contributed by atoms with Gasteiger partial charge in [0.2, 0.25) is 5.91 Å². The Kier molecular flexibility index (Phi) is 3.72. The van der Waals surface area contributed by atoms with Crippen LogP contribution in [-0.2, 0) is 4.79 Å². The third-order valence-corrected chi connectivity index (χ3v) is 5.06. The molecule has 7 nitrogen and oxygen atoms in total. The number of H-pyrrole nitrogens is 1. The lowest BCUT2D eigenvalue weighted by atomic mass is 9.86. The van der Waals surface area contributed by atoms with Gasteiger partial charge in [-0.15, -0.1) is 0 Å². The van der Waals surface area contributed by atoms with Crippen molar-refractivity contribution in [3.63, 3.8) is 0 Å². The molecule has 0 radical (unpaired) electrons. The van der Waals surface area contributed by atoms with Gasteiger partial charge in [0, 0.05) is 31.6 Å². The van der Waals surface area contributed by atoms with E-state index < -0.39 is 0 Å². The molecule has 3 aromatic rings. The van der Waals surface area contributed by atoms with Crippen LogP contribution in [0.1, 0.15) is 31.5 Å². The summed E-state index contributed by atoms with van der Waals surface area (Å²) in [7, 11) is 0. The summed E-state index contributed by atoms with van der Waals surface area (Å²) in [6, 6.07) is 2.00. The summed E-state index contributed by atoms with van der Waals surface area (Å²) in [4.78, 5) is 26.2. The second-order valence-electron chi connectivity index (χ2n) is 6.53. The van der Waals surface area contributed by atoms with Gasteiger partial charge in [0.15, 0.2) is 5.65 Å². The number of aliphatic hydroxyl groups excluding tert-OH is 1. The Morgan fingerprint density at radius 1 is 1.42 bits per heavy atom. The van der Waals surface area contributed by atoms with E-state index in [1.165, 1.54) is 0 Å². The van der Waals surface area contributed by atoms with Crippen LogP contribution in [0.25, 0.3) is 16.7 Å². The van der Waals surface area contributed by atoms with Crippen LogP contribution < -0.4 is 0 Å². The minimum absolute atomic E-state index is 0.0173. The van der Waals surface area contributed by atoms with Gasteiger partial charge in [-0.25, -0.2) is 9.97 Å². The van der Waals surface area contributed by atoms with Crippen LogP contribution in [0.3, 0.4) is 0 Å². The molecule has 7 heteroatoms. The second kappa shape index (κ2) is 5.90. The molecule has 0 bridgehead atoms. The molecule has 1 aliphatic rings. The van der Waals surface area contributed by atoms with Crippen molar-refractivity contribution in [2.24, 2.45) is 5.92 Å². The van der Waals surface area contributed by atoms with E-state index in [4.69, 9.17) is 5.11 Å². The van der Waals surface area contributed by atoms with E-state index in [9.17, 15) is 4.79 Å². The first-order chi connectivity index (χ1) is 11.7. The van der Waals surface area contributed by atoms with Crippen molar-refractivity contribution >= 4 is 22.6 Å². The molecule has 0 spiro atoms. The molecule has 0 saturated carbocycles. The topological polar surface area (TPSA) is 86.5 Å². The fraction of sp³-hybridized carbons (Fsp3) is 0.471. The summed E-state index contributed by atoms with van der Waals surface area (Å²) in [5.41, 5.74) is 2.80. The Hall–Kier alpha value is -2.41. The highest BCUT2D eigenvalue weighted by Crippen LogP contribution is 2.33. The van der Waals surface area contributed by atoms with Crippen molar-refractivity contribution in [1.82, 2.24) is 24.3 Å². The molecule has 1 amide bonds. The number of amides is 1. The van der Waals surface area contributed by atoms with Gasteiger partial charge in [-0.3, -0.25) is 9.20 Å². The maximum Gasteiger partial charge on any atom is 0.224 e. The molecule has 0 aliphatic carbocycles. The van der Waals surface area contributed by atoms with E-state index in [-0.39, 0.29) is 24.9 Å². The third-order valence-electron chi connectivity index (χ3n) is 5.06. The highest BCUT2D eigenvalue weighted by atomic mass is 16.3. The molecule has 4 rings (SSSR count). The van der Waals surface area contributed by atoms with Gasteiger partial charge in [0.05, 0.1) is 30.0 Å². The number of imidazole rings is 1. The Bertz CT molecular complexity index is 884. The number of fused-ring (bicyclic) bond motifs is 3. The molecule has 3 aromatic heterocycles. The van der Waals surface area contributed by atoms with Crippen LogP contribution in [0, 0.1) is 5.92 Å². The quantitative estimate of drug-likeness (QED) is 0.764. The molecule has 4 heterocycles. The predicted octanol–water partition coefficient (Wildman–Crippen LogP) is 1.54. The van der Waals surface area contributed by atoms with E-state index in [1.807, 2.05) is 29.6 Å². The molecular formula is C17H21N5O2. The van der Waals surface area contributed by atoms with E-state index in [2.05, 4.69) is 26.3 Å². The number of hydrogen-bond donors (Lipinski definition) is 2. The zero-order chi connectivity index (χ0) is 16.7. The van der Waals surface area contributed by atoms with Gasteiger partial charge >= 0.3 is 0 Å². The first kappa shape index (κ1) is 15.1. The molecular weight excluding hydrogens is 306 g/mol. The highest BCUT2D eigenvalue weighted by molar-refractivity contribution is 5.77. The molecule has 1 fully saturated rings. The Balaban J connectivity index is 1.75. The minimum atomic E-state index is -0.0997. The fourth-order valence-corrected chi connectivity index (χ4v) is 3.65. The highest BCUT2D eigenvalue weighted by Gasteiger charge is 2.32. The van der Waals surface area contributed by atoms with Crippen molar-refractivity contribution in [1.29, 1.82) is 0 Å². The van der Waals surface area contributed by atoms with Crippen LogP contribution in [0.4, 0.5) is 0 Å². The Morgan fingerprint density at radius 2 is 2.25 bits per heavy atom. The number of nitrogens with zero attached hydrogens (tertiary/aromatic N) is 4. The predicted molar refractivity (Wildman–Crippen MR) is 89.6 cm³/mol. The number of rotatable bonds is 3. The number of aromatic nitrogens is 4. The van der Waals surface area contributed by atoms with Crippen molar-refractivity contribution in [2.45, 2.75) is 25.7 Å². The van der Waals surface area contributed by atoms with Gasteiger partial charge in [0.1, 0.15) is 5.82 Å². The smallest absolute Gasteiger partial charge is 0.224 e. The second-order valence-corrected chi connectivity index (χ2v) is 6.53. The summed E-state index contributed by atoms with van der Waals surface area (Å²) in [6.07, 6.45) is 6.67. The van der Waals surface area contributed by atoms with E-state index >= 15 is 0 Å². The van der Waals surface area contributed by atoms with Crippen LogP contribution in [0.15, 0.2) is 24.7 Å². The van der Waals surface area contributed by atoms with Gasteiger partial charge in [-0.1, -0.05) is 6.92 Å². The molecule has 1 aliphatic heterocycles. The number of hydrogen-bond acceptors (Lipinski definition) is 4. The maximum absolute atomic E-state index is 12.2. The largest absolute Gasteiger partial charge is 0.396 e. The number of likely N-dealkylation sites (tertiary alicyclic amines) is 1. The fourth-order valence-electron chi connectivity index (χ4n) is 3.65. The van der Waals surface area contributed by atoms with Gasteiger partial charge in [-0.2, -0.15) is 0 Å². The molecule has 126 valence electrons. The van der Waals surface area contributed by atoms with Crippen molar-refractivity contribution in [3.05, 3.63) is 30.5 Å². The number of piperidine rings is 1. The van der Waals surface area contributed by atoms with Crippen LogP contribution in [-0.4, -0.2) is 55.0 Å². The molecule has 1 saturated heterocycles. The van der Waals surface area contributed by atoms with Crippen molar-refractivity contribution in [3.8, 4) is 0 Å². The van der Waals surface area contributed by atoms with Gasteiger partial charge in [0.25, 0.3) is 0 Å². The van der Waals surface area contributed by atoms with E-state index in [1.54, 1.807) is 0 Å². The van der Waals surface area contributed by atoms with Gasteiger partial charge in [-0.05, 0) is 18.4 Å². The zero-order valence-electron chi connectivity index (χ0n) is 13.6. The average molecular weight is 327 g/mol. The molecule has 0 unspecified atom stereocenters. The first-order valence-corrected chi connectivity index (χ1v) is 8.37. The third kappa shape index (κ3) is 2.36.